The maximum absolute atomic E-state index is 12.4. The van der Waals surface area contributed by atoms with Crippen molar-refractivity contribution in [3.05, 3.63) is 41.9 Å². The monoisotopic (exact) mass is 314 g/mol. The van der Waals surface area contributed by atoms with Crippen LogP contribution in [0.25, 0.3) is 0 Å². The number of sulfonamides is 1. The van der Waals surface area contributed by atoms with E-state index in [2.05, 4.69) is 6.58 Å². The van der Waals surface area contributed by atoms with Gasteiger partial charge in [0.2, 0.25) is 15.9 Å². The van der Waals surface area contributed by atoms with Crippen molar-refractivity contribution in [2.45, 2.75) is 4.90 Å². The van der Waals surface area contributed by atoms with Crippen molar-refractivity contribution in [3.63, 3.8) is 0 Å². The number of nitrogens with zero attached hydrogens (tertiary/aromatic N) is 2. The molecule has 1 aromatic carbocycles. The van der Waals surface area contributed by atoms with Gasteiger partial charge in [0, 0.05) is 31.2 Å². The molecule has 0 aromatic heterocycles. The van der Waals surface area contributed by atoms with Gasteiger partial charge in [0.25, 0.3) is 0 Å². The van der Waals surface area contributed by atoms with Crippen molar-refractivity contribution < 1.29 is 13.2 Å². The third-order valence-corrected chi connectivity index (χ3v) is 5.29. The van der Waals surface area contributed by atoms with Crippen LogP contribution in [-0.4, -0.2) is 49.7 Å². The molecule has 1 saturated heterocycles. The summed E-state index contributed by atoms with van der Waals surface area (Å²) in [5, 5.41) is 0.381. The summed E-state index contributed by atoms with van der Waals surface area (Å²) >= 11 is 5.83. The number of rotatable bonds is 3. The van der Waals surface area contributed by atoms with E-state index < -0.39 is 10.0 Å². The van der Waals surface area contributed by atoms with E-state index >= 15 is 0 Å². The molecule has 1 heterocycles. The van der Waals surface area contributed by atoms with E-state index in [9.17, 15) is 13.2 Å². The zero-order valence-electron chi connectivity index (χ0n) is 10.8. The summed E-state index contributed by atoms with van der Waals surface area (Å²) in [4.78, 5) is 13.2. The van der Waals surface area contributed by atoms with E-state index in [1.807, 2.05) is 0 Å². The fourth-order valence-corrected chi connectivity index (χ4v) is 3.78. The smallest absolute Gasteiger partial charge is 0.246 e. The minimum atomic E-state index is -3.56. The van der Waals surface area contributed by atoms with Crippen LogP contribution < -0.4 is 0 Å². The Hall–Kier alpha value is -1.37. The van der Waals surface area contributed by atoms with Gasteiger partial charge in [-0.1, -0.05) is 24.2 Å². The van der Waals surface area contributed by atoms with E-state index in [1.165, 1.54) is 22.5 Å². The Morgan fingerprint density at radius 3 is 2.45 bits per heavy atom. The van der Waals surface area contributed by atoms with Gasteiger partial charge in [0.1, 0.15) is 0 Å². The molecule has 0 saturated carbocycles. The number of piperazine rings is 1. The zero-order chi connectivity index (χ0) is 14.8. The van der Waals surface area contributed by atoms with Crippen LogP contribution in [0.1, 0.15) is 0 Å². The van der Waals surface area contributed by atoms with Gasteiger partial charge in [-0.3, -0.25) is 4.79 Å². The van der Waals surface area contributed by atoms with Crippen LogP contribution in [0.2, 0.25) is 5.02 Å². The standard InChI is InChI=1S/C13H15ClN2O3S/c1-2-13(17)15-6-8-16(9-7-15)20(18,19)12-5-3-4-11(14)10-12/h2-5,10H,1,6-9H2. The summed E-state index contributed by atoms with van der Waals surface area (Å²) in [5.41, 5.74) is 0. The first-order valence-electron chi connectivity index (χ1n) is 6.12. The van der Waals surface area contributed by atoms with Crippen LogP contribution >= 0.6 is 11.6 Å². The fourth-order valence-electron chi connectivity index (χ4n) is 2.05. The number of hydrogen-bond acceptors (Lipinski definition) is 3. The van der Waals surface area contributed by atoms with Crippen molar-refractivity contribution in [2.24, 2.45) is 0 Å². The Morgan fingerprint density at radius 1 is 1.25 bits per heavy atom. The van der Waals surface area contributed by atoms with Gasteiger partial charge in [0.05, 0.1) is 4.90 Å². The highest BCUT2D eigenvalue weighted by Crippen LogP contribution is 2.20. The summed E-state index contributed by atoms with van der Waals surface area (Å²) in [6, 6.07) is 6.18. The molecule has 0 bridgehead atoms. The highest BCUT2D eigenvalue weighted by molar-refractivity contribution is 7.89. The van der Waals surface area contributed by atoms with E-state index in [1.54, 1.807) is 17.0 Å². The van der Waals surface area contributed by atoms with E-state index in [-0.39, 0.29) is 23.9 Å². The molecule has 2 rings (SSSR count). The number of amides is 1. The Balaban J connectivity index is 2.13. The van der Waals surface area contributed by atoms with Crippen LogP contribution in [0, 0.1) is 0 Å². The summed E-state index contributed by atoms with van der Waals surface area (Å²) in [5.74, 6) is -0.176. The molecule has 1 aliphatic rings. The summed E-state index contributed by atoms with van der Waals surface area (Å²) < 4.78 is 26.2. The first kappa shape index (κ1) is 15.0. The molecule has 5 nitrogen and oxygen atoms in total. The van der Waals surface area contributed by atoms with Gasteiger partial charge in [-0.15, -0.1) is 0 Å². The second-order valence-electron chi connectivity index (χ2n) is 4.39. The van der Waals surface area contributed by atoms with Gasteiger partial charge < -0.3 is 4.90 Å². The van der Waals surface area contributed by atoms with Crippen molar-refractivity contribution in [2.75, 3.05) is 26.2 Å². The highest BCUT2D eigenvalue weighted by atomic mass is 35.5. The molecule has 0 spiro atoms. The lowest BCUT2D eigenvalue weighted by molar-refractivity contribution is -0.127. The molecule has 1 aromatic rings. The van der Waals surface area contributed by atoms with Crippen molar-refractivity contribution in [3.8, 4) is 0 Å². The average Bonchev–Trinajstić information content (AvgIpc) is 2.46. The molecule has 0 aliphatic carbocycles. The van der Waals surface area contributed by atoms with Crippen molar-refractivity contribution in [1.29, 1.82) is 0 Å². The van der Waals surface area contributed by atoms with E-state index in [0.29, 0.717) is 18.1 Å². The molecule has 0 radical (unpaired) electrons. The lowest BCUT2D eigenvalue weighted by Crippen LogP contribution is -2.50. The fraction of sp³-hybridized carbons (Fsp3) is 0.308. The van der Waals surface area contributed by atoms with Crippen molar-refractivity contribution >= 4 is 27.5 Å². The number of benzene rings is 1. The first-order chi connectivity index (χ1) is 9.45. The minimum absolute atomic E-state index is 0.175. The first-order valence-corrected chi connectivity index (χ1v) is 7.94. The number of hydrogen-bond donors (Lipinski definition) is 0. The summed E-state index contributed by atoms with van der Waals surface area (Å²) in [6.45, 7) is 4.70. The Kier molecular flexibility index (Phi) is 4.47. The maximum Gasteiger partial charge on any atom is 0.246 e. The molecule has 0 unspecified atom stereocenters. The molecule has 0 N–H and O–H groups in total. The zero-order valence-corrected chi connectivity index (χ0v) is 12.4. The topological polar surface area (TPSA) is 57.7 Å². The van der Waals surface area contributed by atoms with Gasteiger partial charge in [-0.25, -0.2) is 8.42 Å². The van der Waals surface area contributed by atoms with Crippen LogP contribution in [-0.2, 0) is 14.8 Å². The minimum Gasteiger partial charge on any atom is -0.337 e. The number of carbonyl (C=O) groups is 1. The summed E-state index contributed by atoms with van der Waals surface area (Å²) in [7, 11) is -3.56. The third-order valence-electron chi connectivity index (χ3n) is 3.16. The quantitative estimate of drug-likeness (QED) is 0.792. The van der Waals surface area contributed by atoms with Crippen LogP contribution in [0.4, 0.5) is 0 Å². The van der Waals surface area contributed by atoms with Gasteiger partial charge in [-0.05, 0) is 24.3 Å². The molecule has 0 atom stereocenters. The lowest BCUT2D eigenvalue weighted by atomic mass is 10.3. The SMILES string of the molecule is C=CC(=O)N1CCN(S(=O)(=O)c2cccc(Cl)c2)CC1. The summed E-state index contributed by atoms with van der Waals surface area (Å²) in [6.07, 6.45) is 1.24. The Bertz CT molecular complexity index is 622. The molecule has 1 aliphatic heterocycles. The Labute approximate surface area is 123 Å². The van der Waals surface area contributed by atoms with Gasteiger partial charge in [0.15, 0.2) is 0 Å². The van der Waals surface area contributed by atoms with Crippen LogP contribution in [0.3, 0.4) is 0 Å². The molecule has 108 valence electrons. The lowest BCUT2D eigenvalue weighted by Gasteiger charge is -2.33. The van der Waals surface area contributed by atoms with Gasteiger partial charge in [-0.2, -0.15) is 4.31 Å². The third kappa shape index (κ3) is 3.03. The predicted molar refractivity (Wildman–Crippen MR) is 77.0 cm³/mol. The van der Waals surface area contributed by atoms with Crippen molar-refractivity contribution in [1.82, 2.24) is 9.21 Å². The van der Waals surface area contributed by atoms with E-state index in [4.69, 9.17) is 11.6 Å². The molecule has 7 heteroatoms. The molecular formula is C13H15ClN2O3S. The predicted octanol–water partition coefficient (Wildman–Crippen LogP) is 1.36. The molecular weight excluding hydrogens is 300 g/mol. The van der Waals surface area contributed by atoms with Gasteiger partial charge >= 0.3 is 0 Å². The molecule has 1 amide bonds. The second-order valence-corrected chi connectivity index (χ2v) is 6.77. The number of halogens is 1. The largest absolute Gasteiger partial charge is 0.337 e. The maximum atomic E-state index is 12.4. The molecule has 1 fully saturated rings. The number of carbonyl (C=O) groups excluding carboxylic acids is 1. The van der Waals surface area contributed by atoms with E-state index in [0.717, 1.165) is 0 Å². The van der Waals surface area contributed by atoms with Crippen LogP contribution in [0.15, 0.2) is 41.8 Å². The highest BCUT2D eigenvalue weighted by Gasteiger charge is 2.29. The van der Waals surface area contributed by atoms with Crippen LogP contribution in [0.5, 0.6) is 0 Å². The molecule has 20 heavy (non-hydrogen) atoms. The Morgan fingerprint density at radius 2 is 1.90 bits per heavy atom. The second kappa shape index (κ2) is 5.95. The normalized spacial score (nSPS) is 16.9. The average molecular weight is 315 g/mol.